The van der Waals surface area contributed by atoms with Crippen molar-refractivity contribution in [3.05, 3.63) is 42.0 Å². The van der Waals surface area contributed by atoms with Crippen molar-refractivity contribution in [2.45, 2.75) is 12.7 Å². The van der Waals surface area contributed by atoms with Crippen molar-refractivity contribution in [1.29, 1.82) is 0 Å². The molecule has 2 rings (SSSR count). The lowest BCUT2D eigenvalue weighted by molar-refractivity contribution is -0.0888. The predicted molar refractivity (Wildman–Crippen MR) is 53.7 cm³/mol. The minimum Gasteiger partial charge on any atom is -0.282 e. The largest absolute Gasteiger partial charge is 0.456 e. The Labute approximate surface area is 99.3 Å². The average molecular weight is 256 g/mol. The summed E-state index contributed by atoms with van der Waals surface area (Å²) in [6.45, 7) is 0.152. The lowest BCUT2D eigenvalue weighted by Gasteiger charge is -2.00. The Morgan fingerprint density at radius 1 is 1.33 bits per heavy atom. The van der Waals surface area contributed by atoms with E-state index in [0.717, 1.165) is 10.9 Å². The Morgan fingerprint density at radius 2 is 2.11 bits per heavy atom. The number of nitrogens with zero attached hydrogens (tertiary/aromatic N) is 4. The minimum atomic E-state index is -4.94. The van der Waals surface area contributed by atoms with Gasteiger partial charge in [0, 0.05) is 6.20 Å². The molecule has 5 nitrogen and oxygen atoms in total. The first-order valence-electron chi connectivity index (χ1n) is 4.88. The number of carbonyl (C=O) groups excluding carboxylic acids is 1. The number of pyridine rings is 1. The van der Waals surface area contributed by atoms with Gasteiger partial charge in [-0.2, -0.15) is 13.2 Å². The summed E-state index contributed by atoms with van der Waals surface area (Å²) in [7, 11) is 0. The number of halogens is 3. The molecule has 0 aliphatic rings. The summed E-state index contributed by atoms with van der Waals surface area (Å²) >= 11 is 0. The van der Waals surface area contributed by atoms with Crippen LogP contribution in [0.5, 0.6) is 0 Å². The zero-order valence-electron chi connectivity index (χ0n) is 8.92. The van der Waals surface area contributed by atoms with E-state index in [9.17, 15) is 18.0 Å². The molecule has 0 radical (unpaired) electrons. The van der Waals surface area contributed by atoms with E-state index in [1.165, 1.54) is 0 Å². The highest BCUT2D eigenvalue weighted by atomic mass is 19.4. The first kappa shape index (κ1) is 12.2. The fraction of sp³-hybridized carbons (Fsp3) is 0.200. The third-order valence-corrected chi connectivity index (χ3v) is 2.08. The minimum absolute atomic E-state index is 0.152. The van der Waals surface area contributed by atoms with Crippen LogP contribution < -0.4 is 0 Å². The van der Waals surface area contributed by atoms with E-state index in [-0.39, 0.29) is 6.54 Å². The molecule has 0 aliphatic heterocycles. The molecular formula is C10H7F3N4O. The van der Waals surface area contributed by atoms with E-state index in [1.807, 2.05) is 0 Å². The molecule has 18 heavy (non-hydrogen) atoms. The molecule has 0 saturated carbocycles. The Kier molecular flexibility index (Phi) is 3.09. The molecule has 0 amide bonds. The van der Waals surface area contributed by atoms with Crippen molar-refractivity contribution in [2.24, 2.45) is 0 Å². The van der Waals surface area contributed by atoms with Crippen LogP contribution in [-0.4, -0.2) is 31.9 Å². The fourth-order valence-corrected chi connectivity index (χ4v) is 1.28. The summed E-state index contributed by atoms with van der Waals surface area (Å²) in [4.78, 5) is 14.9. The van der Waals surface area contributed by atoms with Crippen LogP contribution in [0.3, 0.4) is 0 Å². The second kappa shape index (κ2) is 4.55. The molecule has 0 N–H and O–H groups in total. The molecule has 94 valence electrons. The first-order chi connectivity index (χ1) is 8.47. The van der Waals surface area contributed by atoms with Crippen molar-refractivity contribution in [2.75, 3.05) is 0 Å². The van der Waals surface area contributed by atoms with Crippen molar-refractivity contribution in [3.63, 3.8) is 0 Å². The second-order valence-electron chi connectivity index (χ2n) is 3.45. The zero-order chi connectivity index (χ0) is 13.2. The number of Topliss-reactive ketones (excluding diaryl/α,β-unsaturated/α-hetero) is 1. The summed E-state index contributed by atoms with van der Waals surface area (Å²) in [5, 5.41) is 6.65. The summed E-state index contributed by atoms with van der Waals surface area (Å²) in [6, 6.07) is 5.14. The van der Waals surface area contributed by atoms with E-state index >= 15 is 0 Å². The molecule has 8 heteroatoms. The lowest BCUT2D eigenvalue weighted by Crippen LogP contribution is -2.23. The van der Waals surface area contributed by atoms with Crippen LogP contribution in [0.15, 0.2) is 30.6 Å². The van der Waals surface area contributed by atoms with E-state index < -0.39 is 17.7 Å². The highest BCUT2D eigenvalue weighted by molar-refractivity contribution is 5.98. The maximum atomic E-state index is 12.1. The standard InChI is InChI=1S/C10H7F3N4O/c11-10(12,13)9(18)8-6-17(16-15-8)5-7-3-1-2-4-14-7/h1-4,6H,5H2. The predicted octanol–water partition coefficient (Wildman–Crippen LogP) is 1.47. The van der Waals surface area contributed by atoms with Gasteiger partial charge in [0.1, 0.15) is 0 Å². The van der Waals surface area contributed by atoms with Crippen LogP contribution in [0.25, 0.3) is 0 Å². The van der Waals surface area contributed by atoms with Crippen LogP contribution >= 0.6 is 0 Å². The van der Waals surface area contributed by atoms with Gasteiger partial charge in [-0.1, -0.05) is 11.3 Å². The van der Waals surface area contributed by atoms with Crippen molar-refractivity contribution in [3.8, 4) is 0 Å². The summed E-state index contributed by atoms with van der Waals surface area (Å²) < 4.78 is 37.5. The van der Waals surface area contributed by atoms with E-state index in [2.05, 4.69) is 15.3 Å². The quantitative estimate of drug-likeness (QED) is 0.780. The topological polar surface area (TPSA) is 60.7 Å². The van der Waals surface area contributed by atoms with Crippen LogP contribution in [-0.2, 0) is 6.54 Å². The Hall–Kier alpha value is -2.25. The molecule has 2 aromatic rings. The van der Waals surface area contributed by atoms with E-state index in [0.29, 0.717) is 5.69 Å². The highest BCUT2D eigenvalue weighted by Crippen LogP contribution is 2.19. The van der Waals surface area contributed by atoms with Crippen LogP contribution in [0.1, 0.15) is 16.2 Å². The third-order valence-electron chi connectivity index (χ3n) is 2.08. The van der Waals surface area contributed by atoms with E-state index in [1.54, 1.807) is 24.4 Å². The van der Waals surface area contributed by atoms with E-state index in [4.69, 9.17) is 0 Å². The maximum Gasteiger partial charge on any atom is 0.456 e. The van der Waals surface area contributed by atoms with Gasteiger partial charge in [-0.3, -0.25) is 9.78 Å². The van der Waals surface area contributed by atoms with Crippen molar-refractivity contribution >= 4 is 5.78 Å². The van der Waals surface area contributed by atoms with Gasteiger partial charge in [0.25, 0.3) is 5.78 Å². The number of alkyl halides is 3. The molecular weight excluding hydrogens is 249 g/mol. The van der Waals surface area contributed by atoms with Crippen molar-refractivity contribution < 1.29 is 18.0 Å². The number of hydrogen-bond acceptors (Lipinski definition) is 4. The SMILES string of the molecule is O=C(c1cn(Cc2ccccn2)nn1)C(F)(F)F. The Balaban J connectivity index is 2.14. The molecule has 0 aromatic carbocycles. The lowest BCUT2D eigenvalue weighted by atomic mass is 10.3. The number of hydrogen-bond donors (Lipinski definition) is 0. The Bertz CT molecular complexity index is 550. The molecule has 0 unspecified atom stereocenters. The van der Waals surface area contributed by atoms with Crippen LogP contribution in [0.4, 0.5) is 13.2 Å². The summed E-state index contributed by atoms with van der Waals surface area (Å²) in [5.74, 6) is -2.00. The van der Waals surface area contributed by atoms with Gasteiger partial charge in [-0.25, -0.2) is 4.68 Å². The maximum absolute atomic E-state index is 12.1. The number of ketones is 1. The summed E-state index contributed by atoms with van der Waals surface area (Å²) in [5.41, 5.74) is -0.119. The molecule has 2 heterocycles. The second-order valence-corrected chi connectivity index (χ2v) is 3.45. The first-order valence-corrected chi connectivity index (χ1v) is 4.88. The van der Waals surface area contributed by atoms with Gasteiger partial charge in [0.15, 0.2) is 5.69 Å². The average Bonchev–Trinajstić information content (AvgIpc) is 2.76. The van der Waals surface area contributed by atoms with Gasteiger partial charge < -0.3 is 0 Å². The summed E-state index contributed by atoms with van der Waals surface area (Å²) in [6.07, 6.45) is -2.44. The van der Waals surface area contributed by atoms with Gasteiger partial charge in [-0.05, 0) is 12.1 Å². The third kappa shape index (κ3) is 2.70. The van der Waals surface area contributed by atoms with Crippen LogP contribution in [0.2, 0.25) is 0 Å². The number of carbonyl (C=O) groups is 1. The van der Waals surface area contributed by atoms with Gasteiger partial charge >= 0.3 is 6.18 Å². The molecule has 0 fully saturated rings. The zero-order valence-corrected chi connectivity index (χ0v) is 8.92. The highest BCUT2D eigenvalue weighted by Gasteiger charge is 2.41. The smallest absolute Gasteiger partial charge is 0.282 e. The van der Waals surface area contributed by atoms with Gasteiger partial charge in [0.05, 0.1) is 18.4 Å². The number of aromatic nitrogens is 4. The monoisotopic (exact) mass is 256 g/mol. The van der Waals surface area contributed by atoms with Gasteiger partial charge in [0.2, 0.25) is 0 Å². The molecule has 0 atom stereocenters. The normalized spacial score (nSPS) is 11.5. The molecule has 0 aliphatic carbocycles. The molecule has 2 aromatic heterocycles. The van der Waals surface area contributed by atoms with Crippen molar-refractivity contribution in [1.82, 2.24) is 20.0 Å². The molecule has 0 spiro atoms. The van der Waals surface area contributed by atoms with Gasteiger partial charge in [-0.15, -0.1) is 5.10 Å². The fourth-order valence-electron chi connectivity index (χ4n) is 1.28. The molecule has 0 saturated heterocycles. The Morgan fingerprint density at radius 3 is 2.72 bits per heavy atom. The molecule has 0 bridgehead atoms. The van der Waals surface area contributed by atoms with Crippen LogP contribution in [0, 0.1) is 0 Å². The number of rotatable bonds is 3.